The first-order chi connectivity index (χ1) is 11.8. The third kappa shape index (κ3) is 3.52. The smallest absolute Gasteiger partial charge is 0.226 e. The molecule has 4 nitrogen and oxygen atoms in total. The Balaban J connectivity index is 1.32. The zero-order valence-corrected chi connectivity index (χ0v) is 14.6. The van der Waals surface area contributed by atoms with Gasteiger partial charge in [-0.25, -0.2) is 4.98 Å². The lowest BCUT2D eigenvalue weighted by molar-refractivity contribution is -0.132. The Morgan fingerprint density at radius 3 is 2.83 bits per heavy atom. The number of carbonyl (C=O) groups excluding carboxylic acids is 1. The summed E-state index contributed by atoms with van der Waals surface area (Å²) in [6, 6.07) is 10.5. The van der Waals surface area contributed by atoms with Gasteiger partial charge in [-0.2, -0.15) is 0 Å². The van der Waals surface area contributed by atoms with E-state index in [9.17, 15) is 4.79 Å². The van der Waals surface area contributed by atoms with Crippen LogP contribution in [0, 0.1) is 5.92 Å². The van der Waals surface area contributed by atoms with Gasteiger partial charge in [0.25, 0.3) is 0 Å². The van der Waals surface area contributed by atoms with Crippen molar-refractivity contribution in [3.8, 4) is 0 Å². The van der Waals surface area contributed by atoms with Crippen molar-refractivity contribution in [1.29, 1.82) is 0 Å². The Morgan fingerprint density at radius 2 is 2.04 bits per heavy atom. The van der Waals surface area contributed by atoms with Crippen LogP contribution in [0.5, 0.6) is 0 Å². The molecule has 0 spiro atoms. The molecule has 1 saturated carbocycles. The molecule has 1 aromatic heterocycles. The van der Waals surface area contributed by atoms with Gasteiger partial charge >= 0.3 is 0 Å². The molecular formula is C19H23N3OS. The van der Waals surface area contributed by atoms with E-state index in [0.29, 0.717) is 11.8 Å². The standard InChI is InChI=1S/C19H23N3OS/c23-19(18-11-17(18)15-5-2-1-3-6-15)22-8-4-7-21(9-10-22)12-16-13-24-14-20-16/h1-3,5-6,13-14,17-18H,4,7-12H2. The normalized spacial score (nSPS) is 24.6. The monoisotopic (exact) mass is 341 g/mol. The minimum atomic E-state index is 0.206. The molecule has 5 heteroatoms. The van der Waals surface area contributed by atoms with E-state index in [1.807, 2.05) is 11.6 Å². The van der Waals surface area contributed by atoms with Crippen LogP contribution >= 0.6 is 11.3 Å². The number of carbonyl (C=O) groups is 1. The summed E-state index contributed by atoms with van der Waals surface area (Å²) in [5, 5.41) is 2.11. The average Bonchev–Trinajstić information content (AvgIpc) is 3.32. The Kier molecular flexibility index (Phi) is 4.63. The largest absolute Gasteiger partial charge is 0.341 e. The van der Waals surface area contributed by atoms with Crippen LogP contribution in [0.15, 0.2) is 41.2 Å². The number of hydrogen-bond acceptors (Lipinski definition) is 4. The van der Waals surface area contributed by atoms with Crippen LogP contribution in [0.4, 0.5) is 0 Å². The topological polar surface area (TPSA) is 36.4 Å². The minimum absolute atomic E-state index is 0.206. The Bertz CT molecular complexity index is 673. The van der Waals surface area contributed by atoms with Gasteiger partial charge in [0.05, 0.1) is 11.2 Å². The van der Waals surface area contributed by atoms with Gasteiger partial charge in [-0.3, -0.25) is 9.69 Å². The van der Waals surface area contributed by atoms with Crippen LogP contribution < -0.4 is 0 Å². The van der Waals surface area contributed by atoms with Gasteiger partial charge in [-0.1, -0.05) is 30.3 Å². The lowest BCUT2D eigenvalue weighted by Gasteiger charge is -2.21. The van der Waals surface area contributed by atoms with E-state index in [1.54, 1.807) is 11.3 Å². The van der Waals surface area contributed by atoms with Crippen molar-refractivity contribution in [3.05, 3.63) is 52.5 Å². The average molecular weight is 341 g/mol. The van der Waals surface area contributed by atoms with Crippen molar-refractivity contribution in [3.63, 3.8) is 0 Å². The van der Waals surface area contributed by atoms with Gasteiger partial charge in [-0.15, -0.1) is 11.3 Å². The van der Waals surface area contributed by atoms with Crippen molar-refractivity contribution >= 4 is 17.2 Å². The van der Waals surface area contributed by atoms with E-state index in [0.717, 1.165) is 51.3 Å². The molecule has 4 rings (SSSR count). The molecule has 126 valence electrons. The van der Waals surface area contributed by atoms with Crippen LogP contribution in [0.1, 0.15) is 30.0 Å². The van der Waals surface area contributed by atoms with E-state index in [4.69, 9.17) is 0 Å². The second-order valence-corrected chi connectivity index (χ2v) is 7.51. The van der Waals surface area contributed by atoms with E-state index < -0.39 is 0 Å². The Hall–Kier alpha value is -1.72. The molecule has 1 aliphatic heterocycles. The second-order valence-electron chi connectivity index (χ2n) is 6.79. The molecule has 2 fully saturated rings. The predicted octanol–water partition coefficient (Wildman–Crippen LogP) is 2.98. The maximum absolute atomic E-state index is 12.8. The van der Waals surface area contributed by atoms with Crippen LogP contribution in [-0.2, 0) is 11.3 Å². The number of amides is 1. The zero-order chi connectivity index (χ0) is 16.4. The van der Waals surface area contributed by atoms with Crippen molar-refractivity contribution < 1.29 is 4.79 Å². The zero-order valence-electron chi connectivity index (χ0n) is 13.8. The summed E-state index contributed by atoms with van der Waals surface area (Å²) in [5.41, 5.74) is 4.35. The SMILES string of the molecule is O=C(C1CC1c1ccccc1)N1CCCN(Cc2cscn2)CC1. The van der Waals surface area contributed by atoms with Crippen LogP contribution in [0.2, 0.25) is 0 Å². The van der Waals surface area contributed by atoms with E-state index in [-0.39, 0.29) is 5.92 Å². The molecule has 1 aliphatic carbocycles. The molecule has 1 amide bonds. The van der Waals surface area contributed by atoms with Crippen molar-refractivity contribution in [1.82, 2.24) is 14.8 Å². The van der Waals surface area contributed by atoms with Gasteiger partial charge < -0.3 is 4.90 Å². The maximum Gasteiger partial charge on any atom is 0.226 e. The summed E-state index contributed by atoms with van der Waals surface area (Å²) >= 11 is 1.65. The van der Waals surface area contributed by atoms with Gasteiger partial charge in [0.2, 0.25) is 5.91 Å². The summed E-state index contributed by atoms with van der Waals surface area (Å²) < 4.78 is 0. The quantitative estimate of drug-likeness (QED) is 0.858. The fraction of sp³-hybridized carbons (Fsp3) is 0.474. The van der Waals surface area contributed by atoms with Gasteiger partial charge in [0.1, 0.15) is 0 Å². The highest BCUT2D eigenvalue weighted by Gasteiger charge is 2.45. The van der Waals surface area contributed by atoms with E-state index in [1.165, 1.54) is 5.56 Å². The molecular weight excluding hydrogens is 318 g/mol. The Labute approximate surface area is 147 Å². The molecule has 0 N–H and O–H groups in total. The van der Waals surface area contributed by atoms with Gasteiger partial charge in [-0.05, 0) is 24.3 Å². The molecule has 2 unspecified atom stereocenters. The molecule has 2 heterocycles. The second kappa shape index (κ2) is 7.03. The van der Waals surface area contributed by atoms with Gasteiger partial charge in [0, 0.05) is 44.0 Å². The highest BCUT2D eigenvalue weighted by atomic mass is 32.1. The lowest BCUT2D eigenvalue weighted by Crippen LogP contribution is -2.36. The van der Waals surface area contributed by atoms with Crippen LogP contribution in [-0.4, -0.2) is 46.9 Å². The third-order valence-corrected chi connectivity index (χ3v) is 5.74. The summed E-state index contributed by atoms with van der Waals surface area (Å²) in [4.78, 5) is 21.7. The lowest BCUT2D eigenvalue weighted by atomic mass is 10.1. The minimum Gasteiger partial charge on any atom is -0.341 e. The molecule has 1 aromatic carbocycles. The fourth-order valence-electron chi connectivity index (χ4n) is 3.67. The first kappa shape index (κ1) is 15.8. The molecule has 2 aliphatic rings. The number of aromatic nitrogens is 1. The summed E-state index contributed by atoms with van der Waals surface area (Å²) in [5.74, 6) is 1.00. The first-order valence-corrected chi connectivity index (χ1v) is 9.68. The van der Waals surface area contributed by atoms with Crippen LogP contribution in [0.25, 0.3) is 0 Å². The number of benzene rings is 1. The van der Waals surface area contributed by atoms with Crippen LogP contribution in [0.3, 0.4) is 0 Å². The summed E-state index contributed by atoms with van der Waals surface area (Å²) in [6.07, 6.45) is 2.07. The molecule has 0 bridgehead atoms. The number of rotatable bonds is 4. The van der Waals surface area contributed by atoms with E-state index >= 15 is 0 Å². The summed E-state index contributed by atoms with van der Waals surface area (Å²) in [6.45, 7) is 4.65. The summed E-state index contributed by atoms with van der Waals surface area (Å²) in [7, 11) is 0. The molecule has 2 aromatic rings. The third-order valence-electron chi connectivity index (χ3n) is 5.10. The first-order valence-electron chi connectivity index (χ1n) is 8.74. The molecule has 24 heavy (non-hydrogen) atoms. The fourth-order valence-corrected chi connectivity index (χ4v) is 4.21. The molecule has 0 radical (unpaired) electrons. The van der Waals surface area contributed by atoms with Gasteiger partial charge in [0.15, 0.2) is 0 Å². The predicted molar refractivity (Wildman–Crippen MR) is 95.9 cm³/mol. The molecule has 2 atom stereocenters. The van der Waals surface area contributed by atoms with Crippen molar-refractivity contribution in [2.75, 3.05) is 26.2 Å². The van der Waals surface area contributed by atoms with Crippen molar-refractivity contribution in [2.45, 2.75) is 25.3 Å². The molecule has 1 saturated heterocycles. The van der Waals surface area contributed by atoms with E-state index in [2.05, 4.69) is 44.4 Å². The highest BCUT2D eigenvalue weighted by Crippen LogP contribution is 2.48. The number of thiazole rings is 1. The van der Waals surface area contributed by atoms with Crippen molar-refractivity contribution in [2.24, 2.45) is 5.92 Å². The number of hydrogen-bond donors (Lipinski definition) is 0. The highest BCUT2D eigenvalue weighted by molar-refractivity contribution is 7.07. The Morgan fingerprint density at radius 1 is 1.17 bits per heavy atom. The number of nitrogens with zero attached hydrogens (tertiary/aromatic N) is 3. The maximum atomic E-state index is 12.8.